The molecule has 0 radical (unpaired) electrons. The lowest BCUT2D eigenvalue weighted by Crippen LogP contribution is -2.38. The van der Waals surface area contributed by atoms with Gasteiger partial charge in [-0.2, -0.15) is 0 Å². The Kier molecular flexibility index (Phi) is 3.20. The van der Waals surface area contributed by atoms with E-state index in [0.717, 1.165) is 13.0 Å². The summed E-state index contributed by atoms with van der Waals surface area (Å²) < 4.78 is 24.2. The molecule has 66 valence electrons. The van der Waals surface area contributed by atoms with Crippen LogP contribution in [0.15, 0.2) is 0 Å². The van der Waals surface area contributed by atoms with Crippen LogP contribution in [0.25, 0.3) is 0 Å². The van der Waals surface area contributed by atoms with Crippen molar-refractivity contribution in [1.29, 1.82) is 0 Å². The maximum Gasteiger partial charge on any atom is 0.107 e. The first-order valence-electron chi connectivity index (χ1n) is 3.89. The summed E-state index contributed by atoms with van der Waals surface area (Å²) in [6, 6.07) is -0.445. The van der Waals surface area contributed by atoms with Crippen molar-refractivity contribution < 1.29 is 8.78 Å². The Hall–Kier alpha value is -0.220. The van der Waals surface area contributed by atoms with Crippen LogP contribution in [0.4, 0.5) is 8.78 Å². The van der Waals surface area contributed by atoms with Gasteiger partial charge in [-0.25, -0.2) is 8.78 Å². The molecule has 1 saturated heterocycles. The molecule has 1 aliphatic heterocycles. The van der Waals surface area contributed by atoms with Gasteiger partial charge in [0.25, 0.3) is 0 Å². The number of nitrogens with two attached hydrogens (primary N) is 1. The molecule has 1 fully saturated rings. The molecule has 0 saturated carbocycles. The van der Waals surface area contributed by atoms with E-state index < -0.39 is 19.4 Å². The van der Waals surface area contributed by atoms with E-state index in [1.807, 2.05) is 0 Å². The van der Waals surface area contributed by atoms with E-state index in [0.29, 0.717) is 6.54 Å². The van der Waals surface area contributed by atoms with Crippen molar-refractivity contribution in [2.45, 2.75) is 18.5 Å². The van der Waals surface area contributed by atoms with Crippen molar-refractivity contribution in [3.8, 4) is 0 Å². The lowest BCUT2D eigenvalue weighted by molar-refractivity contribution is 0.166. The predicted octanol–water partition coefficient (Wildman–Crippen LogP) is 0.327. The van der Waals surface area contributed by atoms with Gasteiger partial charge < -0.3 is 5.73 Å². The molecule has 0 aromatic carbocycles. The predicted molar refractivity (Wildman–Crippen MR) is 39.9 cm³/mol. The summed E-state index contributed by atoms with van der Waals surface area (Å²) in [4.78, 5) is 1.78. The van der Waals surface area contributed by atoms with Crippen molar-refractivity contribution in [3.63, 3.8) is 0 Å². The fraction of sp³-hybridized carbons (Fsp3) is 1.00. The van der Waals surface area contributed by atoms with Crippen LogP contribution in [0.2, 0.25) is 0 Å². The third-order valence-electron chi connectivity index (χ3n) is 2.13. The Balaban J connectivity index is 2.34. The highest BCUT2D eigenvalue weighted by Crippen LogP contribution is 2.11. The highest BCUT2D eigenvalue weighted by atomic mass is 19.1. The van der Waals surface area contributed by atoms with Gasteiger partial charge in [0.15, 0.2) is 0 Å². The fourth-order valence-corrected chi connectivity index (χ4v) is 1.38. The zero-order chi connectivity index (χ0) is 8.27. The van der Waals surface area contributed by atoms with E-state index in [9.17, 15) is 8.78 Å². The number of nitrogens with zero attached hydrogens (tertiary/aromatic N) is 1. The summed E-state index contributed by atoms with van der Waals surface area (Å²) in [6.45, 7) is 0.157. The normalized spacial score (nSPS) is 26.7. The molecular weight excluding hydrogens is 150 g/mol. The Bertz CT molecular complexity index is 117. The van der Waals surface area contributed by atoms with Crippen LogP contribution < -0.4 is 5.73 Å². The van der Waals surface area contributed by atoms with Crippen LogP contribution in [0, 0.1) is 0 Å². The second kappa shape index (κ2) is 3.97. The maximum atomic E-state index is 12.1. The average Bonchev–Trinajstić information content (AvgIpc) is 2.39. The van der Waals surface area contributed by atoms with Gasteiger partial charge in [-0.05, 0) is 6.42 Å². The average molecular weight is 164 g/mol. The molecule has 0 aromatic rings. The first-order chi connectivity index (χ1) is 5.27. The van der Waals surface area contributed by atoms with Crippen molar-refractivity contribution in [2.24, 2.45) is 5.73 Å². The minimum atomic E-state index is -0.608. The fourth-order valence-electron chi connectivity index (χ4n) is 1.38. The van der Waals surface area contributed by atoms with Crippen LogP contribution in [0.5, 0.6) is 0 Å². The molecule has 1 rings (SSSR count). The second-order valence-electron chi connectivity index (χ2n) is 3.01. The lowest BCUT2D eigenvalue weighted by Gasteiger charge is -2.21. The Morgan fingerprint density at radius 1 is 1.45 bits per heavy atom. The summed E-state index contributed by atoms with van der Waals surface area (Å²) >= 11 is 0. The van der Waals surface area contributed by atoms with Crippen molar-refractivity contribution >= 4 is 0 Å². The van der Waals surface area contributed by atoms with E-state index in [1.54, 1.807) is 4.90 Å². The van der Waals surface area contributed by atoms with Crippen LogP contribution in [-0.4, -0.2) is 43.4 Å². The summed E-state index contributed by atoms with van der Waals surface area (Å²) in [5.74, 6) is 0. The van der Waals surface area contributed by atoms with E-state index in [2.05, 4.69) is 0 Å². The summed E-state index contributed by atoms with van der Waals surface area (Å²) in [7, 11) is 0. The maximum absolute atomic E-state index is 12.1. The molecule has 0 aromatic heterocycles. The highest BCUT2D eigenvalue weighted by molar-refractivity contribution is 4.82. The zero-order valence-electron chi connectivity index (χ0n) is 6.47. The van der Waals surface area contributed by atoms with E-state index in [-0.39, 0.29) is 6.04 Å². The summed E-state index contributed by atoms with van der Waals surface area (Å²) in [5, 5.41) is 0. The molecule has 0 aliphatic carbocycles. The Labute approximate surface area is 65.4 Å². The van der Waals surface area contributed by atoms with Gasteiger partial charge in [0, 0.05) is 19.1 Å². The minimum Gasteiger partial charge on any atom is -0.326 e. The number of hydrogen-bond acceptors (Lipinski definition) is 2. The molecule has 1 atom stereocenters. The highest BCUT2D eigenvalue weighted by Gasteiger charge is 2.25. The zero-order valence-corrected chi connectivity index (χ0v) is 6.47. The molecule has 0 amide bonds. The van der Waals surface area contributed by atoms with E-state index in [4.69, 9.17) is 5.73 Å². The number of rotatable bonds is 3. The SMILES string of the molecule is N[C@H]1CCN(C(CF)CF)C1. The molecule has 4 heteroatoms. The van der Waals surface area contributed by atoms with Gasteiger partial charge in [-0.15, -0.1) is 0 Å². The Morgan fingerprint density at radius 2 is 2.09 bits per heavy atom. The number of alkyl halides is 2. The molecular formula is C7H14F2N2. The standard InChI is InChI=1S/C7H14F2N2/c8-3-7(4-9)11-2-1-6(10)5-11/h6-7H,1-5,10H2/t6-/m0/s1. The summed E-state index contributed by atoms with van der Waals surface area (Å²) in [6.07, 6.45) is 0.858. The van der Waals surface area contributed by atoms with Gasteiger partial charge in [-0.1, -0.05) is 0 Å². The van der Waals surface area contributed by atoms with Gasteiger partial charge >= 0.3 is 0 Å². The molecule has 11 heavy (non-hydrogen) atoms. The van der Waals surface area contributed by atoms with E-state index >= 15 is 0 Å². The van der Waals surface area contributed by atoms with Gasteiger partial charge in [0.05, 0.1) is 6.04 Å². The third kappa shape index (κ3) is 2.10. The van der Waals surface area contributed by atoms with E-state index in [1.165, 1.54) is 0 Å². The first kappa shape index (κ1) is 8.87. The molecule has 1 aliphatic rings. The third-order valence-corrected chi connectivity index (χ3v) is 2.13. The number of hydrogen-bond donors (Lipinski definition) is 1. The molecule has 2 nitrogen and oxygen atoms in total. The van der Waals surface area contributed by atoms with Crippen LogP contribution >= 0.6 is 0 Å². The first-order valence-corrected chi connectivity index (χ1v) is 3.89. The summed E-state index contributed by atoms with van der Waals surface area (Å²) in [5.41, 5.74) is 5.59. The van der Waals surface area contributed by atoms with Crippen molar-refractivity contribution in [3.05, 3.63) is 0 Å². The van der Waals surface area contributed by atoms with Crippen molar-refractivity contribution in [2.75, 3.05) is 26.4 Å². The van der Waals surface area contributed by atoms with Crippen LogP contribution in [-0.2, 0) is 0 Å². The van der Waals surface area contributed by atoms with Crippen LogP contribution in [0.3, 0.4) is 0 Å². The lowest BCUT2D eigenvalue weighted by atomic mass is 10.3. The van der Waals surface area contributed by atoms with Crippen molar-refractivity contribution in [1.82, 2.24) is 4.90 Å². The topological polar surface area (TPSA) is 29.3 Å². The van der Waals surface area contributed by atoms with Gasteiger partial charge in [-0.3, -0.25) is 4.90 Å². The monoisotopic (exact) mass is 164 g/mol. The quantitative estimate of drug-likeness (QED) is 0.651. The minimum absolute atomic E-state index is 0.107. The van der Waals surface area contributed by atoms with Gasteiger partial charge in [0.1, 0.15) is 13.3 Å². The number of likely N-dealkylation sites (tertiary alicyclic amines) is 1. The smallest absolute Gasteiger partial charge is 0.107 e. The molecule has 0 spiro atoms. The molecule has 0 unspecified atom stereocenters. The molecule has 1 heterocycles. The molecule has 2 N–H and O–H groups in total. The Morgan fingerprint density at radius 3 is 2.45 bits per heavy atom. The van der Waals surface area contributed by atoms with Gasteiger partial charge in [0.2, 0.25) is 0 Å². The second-order valence-corrected chi connectivity index (χ2v) is 3.01. The number of halogens is 2. The molecule has 0 bridgehead atoms. The largest absolute Gasteiger partial charge is 0.326 e. The van der Waals surface area contributed by atoms with Crippen LogP contribution in [0.1, 0.15) is 6.42 Å².